The van der Waals surface area contributed by atoms with Crippen molar-refractivity contribution in [3.63, 3.8) is 0 Å². The van der Waals surface area contributed by atoms with Gasteiger partial charge in [-0.05, 0) is 43.0 Å². The normalized spacial score (nSPS) is 25.9. The molecular weight excluding hydrogens is 307 g/mol. The lowest BCUT2D eigenvalue weighted by Crippen LogP contribution is -2.33. The van der Waals surface area contributed by atoms with Gasteiger partial charge in [-0.15, -0.1) is 5.10 Å². The predicted molar refractivity (Wildman–Crippen MR) is 89.8 cm³/mol. The van der Waals surface area contributed by atoms with E-state index < -0.39 is 6.04 Å². The van der Waals surface area contributed by atoms with Gasteiger partial charge >= 0.3 is 0 Å². The largest absolute Gasteiger partial charge is 0.382 e. The van der Waals surface area contributed by atoms with Gasteiger partial charge in [-0.1, -0.05) is 6.08 Å². The number of aliphatic imine (C=N–C) groups is 1. The zero-order valence-electron chi connectivity index (χ0n) is 13.1. The summed E-state index contributed by atoms with van der Waals surface area (Å²) < 4.78 is 16.3. The third-order valence-corrected chi connectivity index (χ3v) is 5.04. The molecule has 2 atom stereocenters. The van der Waals surface area contributed by atoms with E-state index in [0.717, 1.165) is 30.8 Å². The number of imidazole rings is 1. The van der Waals surface area contributed by atoms with Gasteiger partial charge < -0.3 is 10.6 Å². The first-order chi connectivity index (χ1) is 11.7. The summed E-state index contributed by atoms with van der Waals surface area (Å²) in [6.45, 7) is 0.910. The van der Waals surface area contributed by atoms with Crippen molar-refractivity contribution < 1.29 is 4.39 Å². The minimum absolute atomic E-state index is 0.161. The molecule has 0 spiro atoms. The summed E-state index contributed by atoms with van der Waals surface area (Å²) in [6.07, 6.45) is 7.96. The molecule has 2 N–H and O–H groups in total. The average molecular weight is 324 g/mol. The minimum Gasteiger partial charge on any atom is -0.382 e. The maximum Gasteiger partial charge on any atom is 0.154 e. The molecule has 2 aromatic heterocycles. The fourth-order valence-corrected chi connectivity index (χ4v) is 3.83. The molecule has 5 heterocycles. The van der Waals surface area contributed by atoms with E-state index in [9.17, 15) is 4.39 Å². The van der Waals surface area contributed by atoms with Crippen LogP contribution < -0.4 is 10.6 Å². The molecule has 0 amide bonds. The molecule has 0 radical (unpaired) electrons. The second-order valence-electron chi connectivity index (χ2n) is 6.46. The SMILES string of the molecule is NC1=NC2CC=C(C=C2F)C2CCCN2c2ccc3ncc1n3n2. The fourth-order valence-electron chi connectivity index (χ4n) is 3.83. The Hall–Kier alpha value is -2.70. The van der Waals surface area contributed by atoms with Gasteiger partial charge in [0.1, 0.15) is 29.2 Å². The Kier molecular flexibility index (Phi) is 2.80. The molecule has 1 aliphatic carbocycles. The highest BCUT2D eigenvalue weighted by Gasteiger charge is 2.31. The molecular formula is C17H17FN6. The number of hydrogen-bond donors (Lipinski definition) is 1. The van der Waals surface area contributed by atoms with E-state index in [0.29, 0.717) is 17.8 Å². The lowest BCUT2D eigenvalue weighted by Gasteiger charge is -2.29. The van der Waals surface area contributed by atoms with E-state index in [1.807, 2.05) is 12.1 Å². The van der Waals surface area contributed by atoms with Crippen molar-refractivity contribution in [3.05, 3.63) is 47.6 Å². The molecule has 2 unspecified atom stereocenters. The fraction of sp³-hybridized carbons (Fsp3) is 0.353. The summed E-state index contributed by atoms with van der Waals surface area (Å²) in [4.78, 5) is 10.9. The van der Waals surface area contributed by atoms with Crippen LogP contribution in [0, 0.1) is 0 Å². The summed E-state index contributed by atoms with van der Waals surface area (Å²) in [6, 6.07) is 3.50. The molecule has 3 aliphatic heterocycles. The lowest BCUT2D eigenvalue weighted by atomic mass is 9.95. The number of hydrogen-bond acceptors (Lipinski definition) is 5. The van der Waals surface area contributed by atoms with Crippen LogP contribution in [0.25, 0.3) is 5.65 Å². The Labute approximate surface area is 138 Å². The van der Waals surface area contributed by atoms with Crippen molar-refractivity contribution in [3.8, 4) is 0 Å². The van der Waals surface area contributed by atoms with Crippen LogP contribution in [0.3, 0.4) is 0 Å². The third-order valence-electron chi connectivity index (χ3n) is 5.04. The molecule has 7 heteroatoms. The first-order valence-corrected chi connectivity index (χ1v) is 8.23. The number of rotatable bonds is 0. The zero-order valence-corrected chi connectivity index (χ0v) is 13.1. The molecule has 6 nitrogen and oxygen atoms in total. The first-order valence-electron chi connectivity index (χ1n) is 8.23. The standard InChI is InChI=1S/C17H17FN6/c18-11-8-10-3-4-12(11)21-17(19)14-9-20-15-5-6-16(22-24(14)15)23-7-1-2-13(10)23/h3,5-6,8-9,12-13H,1-2,4,7H2,(H2,19,21). The molecule has 6 rings (SSSR count). The Morgan fingerprint density at radius 3 is 3.08 bits per heavy atom. The summed E-state index contributed by atoms with van der Waals surface area (Å²) >= 11 is 0. The van der Waals surface area contributed by atoms with Crippen LogP contribution in [0.1, 0.15) is 25.0 Å². The van der Waals surface area contributed by atoms with Crippen molar-refractivity contribution in [1.82, 2.24) is 14.6 Å². The molecule has 1 fully saturated rings. The topological polar surface area (TPSA) is 71.8 Å². The second-order valence-corrected chi connectivity index (χ2v) is 6.46. The number of nitrogens with two attached hydrogens (primary N) is 1. The van der Waals surface area contributed by atoms with E-state index in [2.05, 4.69) is 21.0 Å². The summed E-state index contributed by atoms with van der Waals surface area (Å²) in [5, 5.41) is 4.72. The smallest absolute Gasteiger partial charge is 0.154 e. The Morgan fingerprint density at radius 1 is 1.29 bits per heavy atom. The van der Waals surface area contributed by atoms with E-state index >= 15 is 0 Å². The van der Waals surface area contributed by atoms with Crippen LogP contribution in [0.2, 0.25) is 0 Å². The molecule has 4 aliphatic rings. The van der Waals surface area contributed by atoms with Gasteiger partial charge in [0.05, 0.1) is 12.2 Å². The van der Waals surface area contributed by atoms with Gasteiger partial charge in [-0.3, -0.25) is 4.99 Å². The lowest BCUT2D eigenvalue weighted by molar-refractivity contribution is 0.531. The number of fused-ring (bicyclic) bond motifs is 1. The van der Waals surface area contributed by atoms with Crippen molar-refractivity contribution in [2.45, 2.75) is 31.3 Å². The van der Waals surface area contributed by atoms with Crippen LogP contribution in [0.5, 0.6) is 0 Å². The monoisotopic (exact) mass is 324 g/mol. The molecule has 0 aromatic carbocycles. The van der Waals surface area contributed by atoms with Gasteiger partial charge in [0, 0.05) is 6.54 Å². The van der Waals surface area contributed by atoms with Crippen LogP contribution in [-0.2, 0) is 0 Å². The van der Waals surface area contributed by atoms with E-state index in [1.54, 1.807) is 16.8 Å². The number of halogens is 1. The van der Waals surface area contributed by atoms with Crippen LogP contribution in [-0.4, -0.2) is 39.1 Å². The zero-order chi connectivity index (χ0) is 16.3. The maximum atomic E-state index is 14.6. The highest BCUT2D eigenvalue weighted by atomic mass is 19.1. The van der Waals surface area contributed by atoms with Crippen molar-refractivity contribution >= 4 is 17.3 Å². The van der Waals surface area contributed by atoms with Crippen LogP contribution >= 0.6 is 0 Å². The molecule has 122 valence electrons. The van der Waals surface area contributed by atoms with Gasteiger partial charge in [0.15, 0.2) is 5.65 Å². The van der Waals surface area contributed by atoms with Crippen LogP contribution in [0.4, 0.5) is 10.2 Å². The molecule has 1 saturated heterocycles. The molecule has 4 bridgehead atoms. The Bertz CT molecular complexity index is 924. The summed E-state index contributed by atoms with van der Waals surface area (Å²) in [7, 11) is 0. The van der Waals surface area contributed by atoms with E-state index in [-0.39, 0.29) is 17.7 Å². The molecule has 0 saturated carbocycles. The first kappa shape index (κ1) is 13.7. The minimum atomic E-state index is -0.559. The van der Waals surface area contributed by atoms with Gasteiger partial charge in [0.25, 0.3) is 0 Å². The van der Waals surface area contributed by atoms with Gasteiger partial charge in [0.2, 0.25) is 0 Å². The summed E-state index contributed by atoms with van der Waals surface area (Å²) in [5.74, 6) is 0.894. The maximum absolute atomic E-state index is 14.6. The highest BCUT2D eigenvalue weighted by Crippen LogP contribution is 2.33. The van der Waals surface area contributed by atoms with E-state index in [1.165, 1.54) is 0 Å². The highest BCUT2D eigenvalue weighted by molar-refractivity contribution is 5.96. The Balaban J connectivity index is 1.78. The quantitative estimate of drug-likeness (QED) is 0.804. The molecule has 2 aromatic rings. The number of nitrogens with zero attached hydrogens (tertiary/aromatic N) is 5. The van der Waals surface area contributed by atoms with Crippen molar-refractivity contribution in [1.29, 1.82) is 0 Å². The van der Waals surface area contributed by atoms with E-state index in [4.69, 9.17) is 10.8 Å². The Morgan fingerprint density at radius 2 is 2.21 bits per heavy atom. The number of anilines is 1. The van der Waals surface area contributed by atoms with Crippen molar-refractivity contribution in [2.75, 3.05) is 11.4 Å². The summed E-state index contributed by atoms with van der Waals surface area (Å²) in [5.41, 5.74) is 8.46. The van der Waals surface area contributed by atoms with Crippen LogP contribution in [0.15, 0.2) is 46.9 Å². The number of amidine groups is 1. The van der Waals surface area contributed by atoms with Crippen molar-refractivity contribution in [2.24, 2.45) is 10.7 Å². The molecule has 24 heavy (non-hydrogen) atoms. The second kappa shape index (κ2) is 4.90. The number of aromatic nitrogens is 3. The van der Waals surface area contributed by atoms with Gasteiger partial charge in [-0.2, -0.15) is 0 Å². The van der Waals surface area contributed by atoms with Gasteiger partial charge in [-0.25, -0.2) is 13.9 Å². The average Bonchev–Trinajstić information content (AvgIpc) is 3.21. The predicted octanol–water partition coefficient (Wildman–Crippen LogP) is 1.97. The third kappa shape index (κ3) is 1.90.